The maximum Gasteiger partial charge on any atom is 0.418 e. The molecule has 0 saturated carbocycles. The summed E-state index contributed by atoms with van der Waals surface area (Å²) < 4.78 is 98.7. The van der Waals surface area contributed by atoms with Crippen LogP contribution >= 0.6 is 23.2 Å². The minimum absolute atomic E-state index is 0.0150. The lowest BCUT2D eigenvalue weighted by Gasteiger charge is -2.33. The third-order valence-electron chi connectivity index (χ3n) is 10.6. The lowest BCUT2D eigenvalue weighted by atomic mass is 9.91. The van der Waals surface area contributed by atoms with Crippen molar-refractivity contribution in [3.05, 3.63) is 67.9 Å². The molecule has 3 atom stereocenters. The first-order valence-electron chi connectivity index (χ1n) is 17.2. The maximum absolute atomic E-state index is 15.5. The largest absolute Gasteiger partial charge is 0.461 e. The maximum atomic E-state index is 15.5. The number of nitrogen functional groups attached to an aromatic ring is 1. The van der Waals surface area contributed by atoms with Crippen LogP contribution in [-0.2, 0) is 41.9 Å². The number of benzene rings is 1. The molecule has 12 nitrogen and oxygen atoms in total. The van der Waals surface area contributed by atoms with Crippen LogP contribution in [0.4, 0.5) is 37.8 Å². The van der Waals surface area contributed by atoms with Gasteiger partial charge in [-0.3, -0.25) is 19.2 Å². The van der Waals surface area contributed by atoms with Gasteiger partial charge in [-0.15, -0.1) is 0 Å². The van der Waals surface area contributed by atoms with E-state index in [1.165, 1.54) is 14.2 Å². The summed E-state index contributed by atoms with van der Waals surface area (Å²) in [6, 6.07) is 0.606. The van der Waals surface area contributed by atoms with Gasteiger partial charge in [0.2, 0.25) is 0 Å². The number of ether oxygens (including phenoxy) is 2. The number of nitrogens with two attached hydrogens (primary N) is 1. The van der Waals surface area contributed by atoms with E-state index >= 15 is 4.39 Å². The Morgan fingerprint density at radius 1 is 1.20 bits per heavy atom. The molecule has 7 rings (SSSR count). The first-order valence-corrected chi connectivity index (χ1v) is 17.9. The van der Waals surface area contributed by atoms with Crippen molar-refractivity contribution < 1.29 is 45.4 Å². The zero-order valence-electron chi connectivity index (χ0n) is 29.2. The highest BCUT2D eigenvalue weighted by Gasteiger charge is 2.49. The highest BCUT2D eigenvalue weighted by Crippen LogP contribution is 2.47. The highest BCUT2D eigenvalue weighted by atomic mass is 35.5. The van der Waals surface area contributed by atoms with Crippen LogP contribution in [0, 0.1) is 11.7 Å². The Balaban J connectivity index is 1.27. The van der Waals surface area contributed by atoms with E-state index in [1.54, 1.807) is 4.68 Å². The van der Waals surface area contributed by atoms with Gasteiger partial charge in [0.05, 0.1) is 64.6 Å². The van der Waals surface area contributed by atoms with Crippen LogP contribution in [0.1, 0.15) is 70.4 Å². The Morgan fingerprint density at radius 3 is 2.70 bits per heavy atom. The summed E-state index contributed by atoms with van der Waals surface area (Å²) in [7, 11) is 2.75. The summed E-state index contributed by atoms with van der Waals surface area (Å²) >= 11 is 12.7. The van der Waals surface area contributed by atoms with Crippen LogP contribution in [0.3, 0.4) is 0 Å². The van der Waals surface area contributed by atoms with Crippen molar-refractivity contribution in [1.29, 1.82) is 0 Å². The van der Waals surface area contributed by atoms with Crippen LogP contribution in [0.15, 0.2) is 18.2 Å². The molecular weight excluding hydrogens is 769 g/mol. The van der Waals surface area contributed by atoms with Gasteiger partial charge in [-0.25, -0.2) is 9.45 Å². The number of amides is 1. The summed E-state index contributed by atoms with van der Waals surface area (Å²) in [5.74, 6) is -1.90. The molecule has 0 aliphatic carbocycles. The number of anilines is 2. The topological polar surface area (TPSA) is 124 Å². The second kappa shape index (κ2) is 14.7. The number of carbonyl (C=O) groups is 1. The molecule has 3 aromatic rings. The number of rotatable bonds is 8. The van der Waals surface area contributed by atoms with Gasteiger partial charge < -0.3 is 20.1 Å². The summed E-state index contributed by atoms with van der Waals surface area (Å²) in [6.45, 7) is 1.82. The van der Waals surface area contributed by atoms with Crippen LogP contribution < -0.4 is 15.4 Å². The molecular formula is C34H36Cl2F6N8O4. The molecule has 6 heterocycles. The minimum Gasteiger partial charge on any atom is -0.461 e. The van der Waals surface area contributed by atoms with Gasteiger partial charge in [0, 0.05) is 44.2 Å². The highest BCUT2D eigenvalue weighted by molar-refractivity contribution is 6.34. The Kier molecular flexibility index (Phi) is 10.4. The van der Waals surface area contributed by atoms with Crippen molar-refractivity contribution in [1.82, 2.24) is 29.7 Å². The Labute approximate surface area is 315 Å². The van der Waals surface area contributed by atoms with E-state index in [0.717, 1.165) is 17.6 Å². The average molecular weight is 806 g/mol. The molecule has 292 valence electrons. The molecule has 20 heteroatoms. The van der Waals surface area contributed by atoms with E-state index in [1.807, 2.05) is 4.90 Å². The molecule has 2 N–H and O–H groups in total. The third kappa shape index (κ3) is 7.06. The van der Waals surface area contributed by atoms with Crippen LogP contribution in [0.25, 0.3) is 0 Å². The van der Waals surface area contributed by atoms with Gasteiger partial charge in [-0.05, 0) is 50.3 Å². The van der Waals surface area contributed by atoms with Crippen LogP contribution in [0.5, 0.6) is 6.01 Å². The van der Waals surface area contributed by atoms with Gasteiger partial charge in [0.1, 0.15) is 12.4 Å². The van der Waals surface area contributed by atoms with Gasteiger partial charge in [-0.1, -0.05) is 23.2 Å². The quantitative estimate of drug-likeness (QED) is 0.152. The fourth-order valence-electron chi connectivity index (χ4n) is 8.09. The number of hydrogen-bond donors (Lipinski definition) is 1. The van der Waals surface area contributed by atoms with E-state index in [2.05, 4.69) is 15.0 Å². The number of fused-ring (bicyclic) bond motifs is 3. The molecule has 0 radical (unpaired) electrons. The van der Waals surface area contributed by atoms with E-state index in [-0.39, 0.29) is 54.5 Å². The Hall–Kier alpha value is -3.84. The lowest BCUT2D eigenvalue weighted by molar-refractivity contribution is -0.140. The van der Waals surface area contributed by atoms with Crippen molar-refractivity contribution in [2.24, 2.45) is 5.92 Å². The number of aromatic nitrogens is 4. The van der Waals surface area contributed by atoms with Crippen molar-refractivity contribution in [2.45, 2.75) is 69.6 Å². The summed E-state index contributed by atoms with van der Waals surface area (Å²) in [5.41, 5.74) is 3.53. The first kappa shape index (κ1) is 38.4. The molecule has 0 spiro atoms. The van der Waals surface area contributed by atoms with Crippen molar-refractivity contribution in [2.75, 3.05) is 51.0 Å². The fraction of sp³-hybridized carbons (Fsp3) is 0.529. The van der Waals surface area contributed by atoms with Gasteiger partial charge in [-0.2, -0.15) is 37.0 Å². The average Bonchev–Trinajstić information content (AvgIpc) is 3.69. The zero-order chi connectivity index (χ0) is 38.7. The lowest BCUT2D eigenvalue weighted by Crippen LogP contribution is -2.43. The normalized spacial score (nSPS) is 22.7. The zero-order valence-corrected chi connectivity index (χ0v) is 30.7. The molecule has 54 heavy (non-hydrogen) atoms. The van der Waals surface area contributed by atoms with Crippen LogP contribution in [-0.4, -0.2) is 81.6 Å². The molecule has 0 bridgehead atoms. The predicted molar refractivity (Wildman–Crippen MR) is 184 cm³/mol. The van der Waals surface area contributed by atoms with Crippen LogP contribution in [0.2, 0.25) is 10.0 Å². The van der Waals surface area contributed by atoms with E-state index in [9.17, 15) is 26.7 Å². The number of nitrogens with zero attached hydrogens (tertiary/aromatic N) is 7. The van der Waals surface area contributed by atoms with Gasteiger partial charge in [0.25, 0.3) is 12.0 Å². The molecule has 1 aromatic carbocycles. The predicted octanol–water partition coefficient (Wildman–Crippen LogP) is 6.59. The number of aryl methyl sites for hydroxylation is 1. The molecule has 2 saturated heterocycles. The second-order valence-electron chi connectivity index (χ2n) is 13.9. The molecule has 4 aliphatic heterocycles. The summed E-state index contributed by atoms with van der Waals surface area (Å²) in [6.07, 6.45) is -5.13. The Morgan fingerprint density at radius 2 is 1.98 bits per heavy atom. The van der Waals surface area contributed by atoms with Crippen molar-refractivity contribution >= 4 is 40.6 Å². The number of halogens is 8. The smallest absolute Gasteiger partial charge is 0.418 e. The molecule has 2 aromatic heterocycles. The van der Waals surface area contributed by atoms with Crippen molar-refractivity contribution in [3.63, 3.8) is 0 Å². The van der Waals surface area contributed by atoms with E-state index < -0.39 is 57.5 Å². The van der Waals surface area contributed by atoms with Gasteiger partial charge >= 0.3 is 12.2 Å². The molecule has 1 unspecified atom stereocenters. The van der Waals surface area contributed by atoms with Crippen molar-refractivity contribution in [3.8, 4) is 6.01 Å². The number of carbonyl (C=O) groups excluding carboxylic acids is 1. The number of alkyl halides is 3. The fourth-order valence-corrected chi connectivity index (χ4v) is 8.69. The second-order valence-corrected chi connectivity index (χ2v) is 14.7. The molecule has 2 fully saturated rings. The SMILES string of the molecule is CON(C)C(=O)c1nn2c(c1Cl)CN(c1nc(OC[C@]34CCCN3C[C@@H](C=C(F)F)C4)nc3c1COC(c1c(F)c(N)cc(Cl)c1C(F)(F)F)C3)CCC2. The van der Waals surface area contributed by atoms with E-state index in [4.69, 9.17) is 48.2 Å². The first-order chi connectivity index (χ1) is 25.6. The van der Waals surface area contributed by atoms with Gasteiger partial charge in [0.15, 0.2) is 11.5 Å². The standard InChI is InChI=1S/C34H36Cl2F6N8O4/c1-47(52-2)31(51)29-27(36)22-14-48(6-4-8-50(22)46-29)30-18-15-53-23(25-26(34(40,41)42)19(35)10-20(43)28(25)39)11-21(18)44-32(45-30)54-16-33-5-3-7-49(33)13-17(12-33)9-24(37)38/h9-10,17,23H,3-8,11-16,43H2,1-2H3/t17-,23?,33+/m0/s1. The minimum atomic E-state index is -5.03. The number of hydrogen-bond acceptors (Lipinski definition) is 10. The number of hydroxylamine groups is 2. The third-order valence-corrected chi connectivity index (χ3v) is 11.3. The summed E-state index contributed by atoms with van der Waals surface area (Å²) in [5, 5.41) is 4.76. The molecule has 4 aliphatic rings. The monoisotopic (exact) mass is 804 g/mol. The Bertz CT molecular complexity index is 2000. The summed E-state index contributed by atoms with van der Waals surface area (Å²) in [4.78, 5) is 31.3. The molecule has 1 amide bonds. The van der Waals surface area contributed by atoms with E-state index in [0.29, 0.717) is 68.6 Å².